The van der Waals surface area contributed by atoms with Crippen LogP contribution in [0.25, 0.3) is 11.2 Å². The molecule has 0 radical (unpaired) electrons. The summed E-state index contributed by atoms with van der Waals surface area (Å²) >= 11 is 1.59. The second-order valence-electron chi connectivity index (χ2n) is 4.06. The quantitative estimate of drug-likeness (QED) is 0.709. The van der Waals surface area contributed by atoms with Crippen molar-refractivity contribution in [1.29, 1.82) is 0 Å². The van der Waals surface area contributed by atoms with E-state index in [1.165, 1.54) is 11.9 Å². The average Bonchev–Trinajstić information content (AvgIpc) is 2.91. The summed E-state index contributed by atoms with van der Waals surface area (Å²) in [6, 6.07) is 8.36. The highest BCUT2D eigenvalue weighted by Gasteiger charge is 2.07. The molecular formula is C13H13N5S. The van der Waals surface area contributed by atoms with Gasteiger partial charge < -0.3 is 10.7 Å². The van der Waals surface area contributed by atoms with Gasteiger partial charge in [-0.3, -0.25) is 0 Å². The molecule has 2 aromatic heterocycles. The minimum atomic E-state index is 0.674. The van der Waals surface area contributed by atoms with Crippen molar-refractivity contribution in [3.63, 3.8) is 0 Å². The first-order chi connectivity index (χ1) is 9.36. The molecule has 0 atom stereocenters. The molecule has 3 aromatic rings. The minimum absolute atomic E-state index is 0.674. The summed E-state index contributed by atoms with van der Waals surface area (Å²) in [6.45, 7) is 0.674. The standard InChI is InChI=1S/C13H13N5S/c14-6-5-9-1-3-10(4-2-9)19-13-11-12(16-7-15-11)17-8-18-13/h1-4,7-8H,5-6,14H2,(H,15,16,17,18). The Balaban J connectivity index is 1.86. The van der Waals surface area contributed by atoms with E-state index in [2.05, 4.69) is 44.2 Å². The summed E-state index contributed by atoms with van der Waals surface area (Å²) in [6.07, 6.45) is 4.07. The maximum Gasteiger partial charge on any atom is 0.181 e. The molecule has 0 aliphatic carbocycles. The first-order valence-corrected chi connectivity index (χ1v) is 6.79. The highest BCUT2D eigenvalue weighted by atomic mass is 32.2. The fourth-order valence-corrected chi connectivity index (χ4v) is 2.67. The van der Waals surface area contributed by atoms with E-state index in [1.54, 1.807) is 18.1 Å². The van der Waals surface area contributed by atoms with E-state index in [9.17, 15) is 0 Å². The molecule has 6 heteroatoms. The van der Waals surface area contributed by atoms with Crippen molar-refractivity contribution < 1.29 is 0 Å². The van der Waals surface area contributed by atoms with Crippen LogP contribution < -0.4 is 5.73 Å². The monoisotopic (exact) mass is 271 g/mol. The molecule has 0 aliphatic rings. The van der Waals surface area contributed by atoms with Crippen LogP contribution in [0.15, 0.2) is 46.8 Å². The van der Waals surface area contributed by atoms with E-state index < -0.39 is 0 Å². The van der Waals surface area contributed by atoms with E-state index in [-0.39, 0.29) is 0 Å². The third-order valence-corrected chi connectivity index (χ3v) is 3.77. The number of hydrogen-bond acceptors (Lipinski definition) is 5. The Morgan fingerprint density at radius 2 is 1.95 bits per heavy atom. The van der Waals surface area contributed by atoms with E-state index >= 15 is 0 Å². The molecule has 0 amide bonds. The molecule has 3 rings (SSSR count). The lowest BCUT2D eigenvalue weighted by Crippen LogP contribution is -2.02. The van der Waals surface area contributed by atoms with Gasteiger partial charge in [0.1, 0.15) is 16.9 Å². The molecule has 19 heavy (non-hydrogen) atoms. The number of aromatic nitrogens is 4. The van der Waals surface area contributed by atoms with Gasteiger partial charge in [0.05, 0.1) is 6.33 Å². The number of hydrogen-bond donors (Lipinski definition) is 2. The van der Waals surface area contributed by atoms with E-state index in [0.29, 0.717) is 12.2 Å². The third-order valence-electron chi connectivity index (χ3n) is 2.76. The summed E-state index contributed by atoms with van der Waals surface area (Å²) in [5, 5.41) is 0.883. The lowest BCUT2D eigenvalue weighted by atomic mass is 10.2. The smallest absolute Gasteiger partial charge is 0.181 e. The summed E-state index contributed by atoms with van der Waals surface area (Å²) in [7, 11) is 0. The Morgan fingerprint density at radius 1 is 1.11 bits per heavy atom. The average molecular weight is 271 g/mol. The SMILES string of the molecule is NCCc1ccc(Sc2ncnc3nc[nH]c23)cc1. The second-order valence-corrected chi connectivity index (χ2v) is 5.13. The number of H-pyrrole nitrogens is 1. The van der Waals surface area contributed by atoms with Crippen LogP contribution in [0.4, 0.5) is 0 Å². The predicted octanol–water partition coefficient (Wildman–Crippen LogP) is 2.01. The van der Waals surface area contributed by atoms with Gasteiger partial charge in [-0.15, -0.1) is 0 Å². The third kappa shape index (κ3) is 2.59. The van der Waals surface area contributed by atoms with Gasteiger partial charge in [-0.2, -0.15) is 0 Å². The van der Waals surface area contributed by atoms with Crippen LogP contribution in [0.1, 0.15) is 5.56 Å². The van der Waals surface area contributed by atoms with Gasteiger partial charge in [-0.25, -0.2) is 15.0 Å². The van der Waals surface area contributed by atoms with Crippen LogP contribution in [-0.4, -0.2) is 26.5 Å². The molecule has 0 fully saturated rings. The van der Waals surface area contributed by atoms with E-state index in [1.807, 2.05) is 0 Å². The Hall–Kier alpha value is -1.92. The number of benzene rings is 1. The Morgan fingerprint density at radius 3 is 2.74 bits per heavy atom. The summed E-state index contributed by atoms with van der Waals surface area (Å²) in [5.74, 6) is 0. The van der Waals surface area contributed by atoms with Crippen LogP contribution in [-0.2, 0) is 6.42 Å². The highest BCUT2D eigenvalue weighted by Crippen LogP contribution is 2.29. The first-order valence-electron chi connectivity index (χ1n) is 5.98. The molecule has 0 bridgehead atoms. The van der Waals surface area contributed by atoms with Gasteiger partial charge in [0.15, 0.2) is 5.65 Å². The van der Waals surface area contributed by atoms with Gasteiger partial charge in [-0.1, -0.05) is 23.9 Å². The number of aromatic amines is 1. The van der Waals surface area contributed by atoms with Gasteiger partial charge >= 0.3 is 0 Å². The van der Waals surface area contributed by atoms with Gasteiger partial charge in [-0.05, 0) is 30.7 Å². The van der Waals surface area contributed by atoms with Crippen LogP contribution in [0.5, 0.6) is 0 Å². The largest absolute Gasteiger partial charge is 0.341 e. The fraction of sp³-hybridized carbons (Fsp3) is 0.154. The molecule has 5 nitrogen and oxygen atoms in total. The zero-order valence-electron chi connectivity index (χ0n) is 10.2. The van der Waals surface area contributed by atoms with Crippen molar-refractivity contribution in [2.24, 2.45) is 5.73 Å². The molecule has 3 N–H and O–H groups in total. The zero-order chi connectivity index (χ0) is 13.1. The first kappa shape index (κ1) is 12.1. The highest BCUT2D eigenvalue weighted by molar-refractivity contribution is 7.99. The summed E-state index contributed by atoms with van der Waals surface area (Å²) < 4.78 is 0. The van der Waals surface area contributed by atoms with Gasteiger partial charge in [0.2, 0.25) is 0 Å². The number of rotatable bonds is 4. The lowest BCUT2D eigenvalue weighted by molar-refractivity contribution is 0.966. The lowest BCUT2D eigenvalue weighted by Gasteiger charge is -2.03. The van der Waals surface area contributed by atoms with Crippen LogP contribution in [0.3, 0.4) is 0 Å². The van der Waals surface area contributed by atoms with Crippen molar-refractivity contribution in [2.45, 2.75) is 16.3 Å². The van der Waals surface area contributed by atoms with Crippen LogP contribution >= 0.6 is 11.8 Å². The number of fused-ring (bicyclic) bond motifs is 1. The second kappa shape index (κ2) is 5.38. The number of imidazole rings is 1. The summed E-state index contributed by atoms with van der Waals surface area (Å²) in [5.41, 5.74) is 8.36. The van der Waals surface area contributed by atoms with E-state index in [0.717, 1.165) is 21.9 Å². The molecular weight excluding hydrogens is 258 g/mol. The Bertz CT molecular complexity index is 677. The zero-order valence-corrected chi connectivity index (χ0v) is 11.0. The Kier molecular flexibility index (Phi) is 3.43. The molecule has 96 valence electrons. The fourth-order valence-electron chi connectivity index (χ4n) is 1.82. The molecule has 0 spiro atoms. The van der Waals surface area contributed by atoms with Crippen molar-refractivity contribution in [2.75, 3.05) is 6.54 Å². The normalized spacial score (nSPS) is 11.0. The van der Waals surface area contributed by atoms with Gasteiger partial charge in [0.25, 0.3) is 0 Å². The topological polar surface area (TPSA) is 80.5 Å². The Labute approximate surface area is 114 Å². The molecule has 2 heterocycles. The van der Waals surface area contributed by atoms with Crippen molar-refractivity contribution in [3.8, 4) is 0 Å². The van der Waals surface area contributed by atoms with Crippen molar-refractivity contribution in [3.05, 3.63) is 42.5 Å². The minimum Gasteiger partial charge on any atom is -0.341 e. The number of nitrogens with zero attached hydrogens (tertiary/aromatic N) is 3. The maximum absolute atomic E-state index is 5.54. The van der Waals surface area contributed by atoms with Crippen molar-refractivity contribution >= 4 is 22.9 Å². The molecule has 0 saturated carbocycles. The molecule has 0 unspecified atom stereocenters. The van der Waals surface area contributed by atoms with Gasteiger partial charge in [0, 0.05) is 4.90 Å². The predicted molar refractivity (Wildman–Crippen MR) is 75.0 cm³/mol. The maximum atomic E-state index is 5.54. The number of nitrogens with two attached hydrogens (primary N) is 1. The van der Waals surface area contributed by atoms with Crippen LogP contribution in [0.2, 0.25) is 0 Å². The van der Waals surface area contributed by atoms with Crippen molar-refractivity contribution in [1.82, 2.24) is 19.9 Å². The molecule has 1 aromatic carbocycles. The molecule has 0 aliphatic heterocycles. The van der Waals surface area contributed by atoms with Crippen LogP contribution in [0, 0.1) is 0 Å². The van der Waals surface area contributed by atoms with E-state index in [4.69, 9.17) is 5.73 Å². The number of nitrogens with one attached hydrogen (secondary N) is 1. The molecule has 0 saturated heterocycles. The summed E-state index contributed by atoms with van der Waals surface area (Å²) in [4.78, 5) is 16.7.